The topological polar surface area (TPSA) is 131 Å². The maximum Gasteiger partial charge on any atom is 0.242 e. The van der Waals surface area contributed by atoms with Gasteiger partial charge < -0.3 is 14.8 Å². The number of benzene rings is 2. The van der Waals surface area contributed by atoms with Crippen molar-refractivity contribution in [3.8, 4) is 11.5 Å². The number of rotatable bonds is 10. The number of amides is 1. The molecule has 1 amide bonds. The first-order valence-electron chi connectivity index (χ1n) is 9.46. The molecule has 0 aromatic heterocycles. The Kier molecular flexibility index (Phi) is 8.24. The number of hydrogen-bond donors (Lipinski definition) is 2. The van der Waals surface area contributed by atoms with Gasteiger partial charge in [-0.3, -0.25) is 4.79 Å². The van der Waals surface area contributed by atoms with Gasteiger partial charge in [-0.1, -0.05) is 12.1 Å². The van der Waals surface area contributed by atoms with Gasteiger partial charge in [0, 0.05) is 26.7 Å². The summed E-state index contributed by atoms with van der Waals surface area (Å²) in [4.78, 5) is 12.4. The number of sulfonamides is 2. The van der Waals surface area contributed by atoms with E-state index in [1.165, 1.54) is 65.6 Å². The van der Waals surface area contributed by atoms with Crippen molar-refractivity contribution in [2.45, 2.75) is 29.3 Å². The van der Waals surface area contributed by atoms with Gasteiger partial charge in [-0.05, 0) is 36.8 Å². The Hall–Kier alpha value is -2.67. The lowest BCUT2D eigenvalue weighted by Gasteiger charge is -2.16. The molecule has 2 aromatic carbocycles. The average Bonchev–Trinajstić information content (AvgIpc) is 2.76. The Morgan fingerprint density at radius 2 is 1.50 bits per heavy atom. The van der Waals surface area contributed by atoms with Crippen molar-refractivity contribution in [3.05, 3.63) is 48.0 Å². The Balaban J connectivity index is 2.02. The van der Waals surface area contributed by atoms with E-state index in [0.29, 0.717) is 11.3 Å². The van der Waals surface area contributed by atoms with Crippen LogP contribution < -0.4 is 19.5 Å². The Morgan fingerprint density at radius 1 is 0.938 bits per heavy atom. The molecule has 0 saturated carbocycles. The molecule has 0 bridgehead atoms. The summed E-state index contributed by atoms with van der Waals surface area (Å²) in [5.74, 6) is 0.0768. The van der Waals surface area contributed by atoms with Gasteiger partial charge in [0.2, 0.25) is 26.0 Å². The third-order valence-electron chi connectivity index (χ3n) is 4.56. The van der Waals surface area contributed by atoms with Crippen molar-refractivity contribution in [2.24, 2.45) is 0 Å². The first kappa shape index (κ1) is 25.6. The Morgan fingerprint density at radius 3 is 2.03 bits per heavy atom. The number of hydrogen-bond acceptors (Lipinski definition) is 7. The van der Waals surface area contributed by atoms with Gasteiger partial charge in [0.15, 0.2) is 11.5 Å². The molecule has 0 saturated heterocycles. The Bertz CT molecular complexity index is 1160. The van der Waals surface area contributed by atoms with E-state index in [1.807, 2.05) is 0 Å². The molecule has 0 aliphatic rings. The van der Waals surface area contributed by atoms with Gasteiger partial charge in [0.25, 0.3) is 0 Å². The number of carbonyl (C=O) groups is 1. The van der Waals surface area contributed by atoms with Crippen molar-refractivity contribution in [1.29, 1.82) is 0 Å². The highest BCUT2D eigenvalue weighted by molar-refractivity contribution is 7.89. The molecule has 10 nitrogen and oxygen atoms in total. The molecule has 1 atom stereocenters. The second-order valence-corrected chi connectivity index (χ2v) is 10.9. The minimum Gasteiger partial charge on any atom is -0.493 e. The highest BCUT2D eigenvalue weighted by Gasteiger charge is 2.23. The van der Waals surface area contributed by atoms with Crippen LogP contribution in [-0.4, -0.2) is 61.4 Å². The first-order chi connectivity index (χ1) is 14.9. The van der Waals surface area contributed by atoms with Crippen molar-refractivity contribution >= 4 is 26.0 Å². The van der Waals surface area contributed by atoms with Crippen LogP contribution in [0.25, 0.3) is 0 Å². The normalized spacial score (nSPS) is 12.9. The van der Waals surface area contributed by atoms with Crippen molar-refractivity contribution in [2.75, 3.05) is 28.3 Å². The summed E-state index contributed by atoms with van der Waals surface area (Å²) in [5, 5.41) is 2.62. The summed E-state index contributed by atoms with van der Waals surface area (Å²) in [6, 6.07) is 9.09. The quantitative estimate of drug-likeness (QED) is 0.512. The summed E-state index contributed by atoms with van der Waals surface area (Å²) in [6.07, 6.45) is 0. The number of methoxy groups -OCH3 is 2. The lowest BCUT2D eigenvalue weighted by atomic mass is 10.2. The zero-order valence-corrected chi connectivity index (χ0v) is 20.1. The van der Waals surface area contributed by atoms with Crippen LogP contribution in [-0.2, 0) is 31.4 Å². The zero-order chi connectivity index (χ0) is 24.1. The average molecular weight is 486 g/mol. The summed E-state index contributed by atoms with van der Waals surface area (Å²) in [5.41, 5.74) is 0.658. The van der Waals surface area contributed by atoms with E-state index in [4.69, 9.17) is 9.47 Å². The van der Waals surface area contributed by atoms with Gasteiger partial charge in [-0.2, -0.15) is 4.72 Å². The second kappa shape index (κ2) is 10.3. The van der Waals surface area contributed by atoms with Crippen LogP contribution in [0.15, 0.2) is 52.3 Å². The van der Waals surface area contributed by atoms with E-state index in [1.54, 1.807) is 12.1 Å². The van der Waals surface area contributed by atoms with Gasteiger partial charge in [0.05, 0.1) is 30.1 Å². The molecule has 0 spiro atoms. The third kappa shape index (κ3) is 5.97. The maximum absolute atomic E-state index is 12.6. The van der Waals surface area contributed by atoms with Gasteiger partial charge >= 0.3 is 0 Å². The van der Waals surface area contributed by atoms with Crippen LogP contribution in [0.5, 0.6) is 11.5 Å². The summed E-state index contributed by atoms with van der Waals surface area (Å²) < 4.78 is 63.1. The van der Waals surface area contributed by atoms with Crippen LogP contribution in [0.3, 0.4) is 0 Å². The second-order valence-electron chi connectivity index (χ2n) is 7.01. The molecular formula is C20H27N3O7S2. The minimum atomic E-state index is -3.99. The van der Waals surface area contributed by atoms with Crippen LogP contribution in [0, 0.1) is 0 Å². The van der Waals surface area contributed by atoms with Gasteiger partial charge in [-0.15, -0.1) is 0 Å². The van der Waals surface area contributed by atoms with Crippen molar-refractivity contribution in [1.82, 2.24) is 14.3 Å². The lowest BCUT2D eigenvalue weighted by molar-refractivity contribution is -0.122. The smallest absolute Gasteiger partial charge is 0.242 e. The largest absolute Gasteiger partial charge is 0.493 e. The zero-order valence-electron chi connectivity index (χ0n) is 18.4. The number of nitrogens with zero attached hydrogens (tertiary/aromatic N) is 1. The summed E-state index contributed by atoms with van der Waals surface area (Å²) >= 11 is 0. The molecule has 2 rings (SSSR count). The van der Waals surface area contributed by atoms with E-state index < -0.39 is 32.0 Å². The molecule has 0 fully saturated rings. The molecule has 32 heavy (non-hydrogen) atoms. The molecule has 2 aromatic rings. The van der Waals surface area contributed by atoms with Crippen molar-refractivity contribution < 1.29 is 31.1 Å². The highest BCUT2D eigenvalue weighted by atomic mass is 32.2. The van der Waals surface area contributed by atoms with Crippen LogP contribution in [0.2, 0.25) is 0 Å². The van der Waals surface area contributed by atoms with E-state index in [0.717, 1.165) is 4.31 Å². The molecule has 0 aliphatic carbocycles. The summed E-state index contributed by atoms with van der Waals surface area (Å²) in [7, 11) is -1.83. The SMILES string of the molecule is COc1ccc(S(=O)(=O)N[C@@H](C)C(=O)NCc2ccc(S(=O)(=O)N(C)C)cc2)cc1OC. The molecule has 12 heteroatoms. The third-order valence-corrected chi connectivity index (χ3v) is 7.93. The first-order valence-corrected chi connectivity index (χ1v) is 12.4. The predicted octanol–water partition coefficient (Wildman–Crippen LogP) is 0.937. The van der Waals surface area contributed by atoms with Crippen LogP contribution in [0.1, 0.15) is 12.5 Å². The summed E-state index contributed by atoms with van der Waals surface area (Å²) in [6.45, 7) is 1.52. The fourth-order valence-corrected chi connectivity index (χ4v) is 4.79. The van der Waals surface area contributed by atoms with Gasteiger partial charge in [-0.25, -0.2) is 21.1 Å². The number of carbonyl (C=O) groups excluding carboxylic acids is 1. The minimum absolute atomic E-state index is 0.0764. The molecule has 0 aliphatic heterocycles. The van der Waals surface area contributed by atoms with Crippen LogP contribution >= 0.6 is 0 Å². The molecule has 0 heterocycles. The molecule has 2 N–H and O–H groups in total. The predicted molar refractivity (Wildman–Crippen MR) is 118 cm³/mol. The lowest BCUT2D eigenvalue weighted by Crippen LogP contribution is -2.44. The van der Waals surface area contributed by atoms with Crippen LogP contribution in [0.4, 0.5) is 0 Å². The fourth-order valence-electron chi connectivity index (χ4n) is 2.67. The number of nitrogens with one attached hydrogen (secondary N) is 2. The number of ether oxygens (including phenoxy) is 2. The fraction of sp³-hybridized carbons (Fsp3) is 0.350. The van der Waals surface area contributed by atoms with Crippen molar-refractivity contribution in [3.63, 3.8) is 0 Å². The van der Waals surface area contributed by atoms with E-state index in [9.17, 15) is 21.6 Å². The van der Waals surface area contributed by atoms with E-state index in [2.05, 4.69) is 10.0 Å². The van der Waals surface area contributed by atoms with E-state index in [-0.39, 0.29) is 22.1 Å². The monoisotopic (exact) mass is 485 g/mol. The molecular weight excluding hydrogens is 458 g/mol. The molecule has 0 radical (unpaired) electrons. The standard InChI is InChI=1S/C20H27N3O7S2/c1-14(22-31(25,26)17-10-11-18(29-4)19(12-17)30-5)20(24)21-13-15-6-8-16(9-7-15)32(27,28)23(2)3/h6-12,14,22H,13H2,1-5H3,(H,21,24)/t14-/m0/s1. The highest BCUT2D eigenvalue weighted by Crippen LogP contribution is 2.29. The molecule has 176 valence electrons. The van der Waals surface area contributed by atoms with Gasteiger partial charge in [0.1, 0.15) is 0 Å². The Labute approximate surface area is 188 Å². The maximum atomic E-state index is 12.6. The van der Waals surface area contributed by atoms with E-state index >= 15 is 0 Å². The molecule has 0 unspecified atom stereocenters.